The Bertz CT molecular complexity index is 631. The molecule has 0 bridgehead atoms. The van der Waals surface area contributed by atoms with E-state index < -0.39 is 48.0 Å². The predicted molar refractivity (Wildman–Crippen MR) is 93.9 cm³/mol. The molecule has 0 N–H and O–H groups in total. The van der Waals surface area contributed by atoms with Crippen LogP contribution in [0.15, 0.2) is 12.2 Å². The fourth-order valence-corrected chi connectivity index (χ4v) is 2.72. The molecule has 0 saturated heterocycles. The van der Waals surface area contributed by atoms with Crippen molar-refractivity contribution in [2.75, 3.05) is 24.4 Å². The molecular weight excluding hydrogens is 527 g/mol. The Hall–Kier alpha value is -0.580. The summed E-state index contributed by atoms with van der Waals surface area (Å²) >= 11 is 6.21. The van der Waals surface area contributed by atoms with Crippen LogP contribution in [0, 0.1) is 0 Å². The summed E-state index contributed by atoms with van der Waals surface area (Å²) in [6.45, 7) is -0.0385. The van der Waals surface area contributed by atoms with E-state index in [2.05, 4.69) is 12.2 Å². The number of rotatable bonds is 11. The first-order valence-corrected chi connectivity index (χ1v) is 10.4. The van der Waals surface area contributed by atoms with Crippen LogP contribution in [0.5, 0.6) is 0 Å². The van der Waals surface area contributed by atoms with Crippen LogP contribution in [-0.2, 0) is 4.74 Å². The molecule has 0 saturated carbocycles. The van der Waals surface area contributed by atoms with Crippen molar-refractivity contribution in [3.63, 3.8) is 0 Å². The molecule has 0 aliphatic heterocycles. The molecule has 0 atom stereocenters. The molecule has 0 unspecified atom stereocenters. The van der Waals surface area contributed by atoms with Crippen molar-refractivity contribution in [1.82, 2.24) is 0 Å². The monoisotopic (exact) mass is 540 g/mol. The van der Waals surface area contributed by atoms with Crippen molar-refractivity contribution in [1.29, 1.82) is 0 Å². The van der Waals surface area contributed by atoms with E-state index in [9.17, 15) is 57.1 Å². The number of ether oxygens (including phenoxy) is 1. The number of thiocarbonyl (C=S) groups is 1. The Balaban J connectivity index is 5.18. The molecule has 0 aromatic carbocycles. The van der Waals surface area contributed by atoms with Gasteiger partial charge >= 0.3 is 35.8 Å². The molecule has 0 spiro atoms. The van der Waals surface area contributed by atoms with E-state index in [0.29, 0.717) is 11.8 Å². The van der Waals surface area contributed by atoms with E-state index in [-0.39, 0.29) is 16.7 Å². The largest absolute Gasteiger partial charge is 0.474 e. The number of hydrogen-bond donors (Lipinski definition) is 0. The lowest BCUT2D eigenvalue weighted by Gasteiger charge is -2.39. The van der Waals surface area contributed by atoms with Crippen molar-refractivity contribution in [3.8, 4) is 0 Å². The van der Waals surface area contributed by atoms with Gasteiger partial charge in [-0.3, -0.25) is 0 Å². The summed E-state index contributed by atoms with van der Waals surface area (Å²) in [5.74, 6) is -37.8. The zero-order chi connectivity index (χ0) is 24.9. The van der Waals surface area contributed by atoms with Gasteiger partial charge < -0.3 is 4.74 Å². The van der Waals surface area contributed by atoms with Gasteiger partial charge in [0.1, 0.15) is 6.61 Å². The Morgan fingerprint density at radius 1 is 0.774 bits per heavy atom. The van der Waals surface area contributed by atoms with E-state index in [1.807, 2.05) is 0 Å². The highest BCUT2D eigenvalue weighted by atomic mass is 32.2. The first kappa shape index (κ1) is 30.4. The molecule has 0 radical (unpaired) electrons. The molecule has 0 rings (SSSR count). The third-order valence-corrected chi connectivity index (χ3v) is 5.39. The second-order valence-corrected chi connectivity index (χ2v) is 8.12. The molecule has 0 aliphatic carbocycles. The van der Waals surface area contributed by atoms with Crippen molar-refractivity contribution in [2.45, 2.75) is 42.2 Å². The third kappa shape index (κ3) is 6.48. The molecule has 0 fully saturated rings. The van der Waals surface area contributed by atoms with E-state index in [1.165, 1.54) is 12.2 Å². The zero-order valence-corrected chi connectivity index (χ0v) is 17.5. The number of halogens is 13. The van der Waals surface area contributed by atoms with Gasteiger partial charge in [-0.25, -0.2) is 0 Å². The molecule has 0 aromatic heterocycles. The van der Waals surface area contributed by atoms with E-state index in [0.717, 1.165) is 11.8 Å². The lowest BCUT2D eigenvalue weighted by Crippen LogP contribution is -2.70. The maximum Gasteiger partial charge on any atom is 0.460 e. The standard InChI is InChI=1S/C14H13F13OS3/c1-30-8(29)28-5-2-3-6-31-7-4-9(15,16)10(17,18)11(19,20)12(21,22)13(23,24)14(25,26)27/h2-3H,4-7H2,1H3. The van der Waals surface area contributed by atoms with Gasteiger partial charge in [0.25, 0.3) is 0 Å². The van der Waals surface area contributed by atoms with Crippen LogP contribution in [-0.4, -0.2) is 64.5 Å². The summed E-state index contributed by atoms with van der Waals surface area (Å²) in [5, 5.41) is 0. The Morgan fingerprint density at radius 2 is 1.26 bits per heavy atom. The number of hydrogen-bond acceptors (Lipinski definition) is 4. The predicted octanol–water partition coefficient (Wildman–Crippen LogP) is 7.07. The highest BCUT2D eigenvalue weighted by Crippen LogP contribution is 2.60. The number of alkyl halides is 13. The van der Waals surface area contributed by atoms with Gasteiger partial charge in [-0.05, 0) is 24.2 Å². The molecule has 31 heavy (non-hydrogen) atoms. The van der Waals surface area contributed by atoms with Crippen LogP contribution >= 0.6 is 35.7 Å². The smallest absolute Gasteiger partial charge is 0.460 e. The molecule has 0 aromatic rings. The Labute approximate surface area is 181 Å². The minimum atomic E-state index is -7.86. The summed E-state index contributed by atoms with van der Waals surface area (Å²) < 4.78 is 173. The average molecular weight is 540 g/mol. The topological polar surface area (TPSA) is 9.23 Å². The van der Waals surface area contributed by atoms with E-state index >= 15 is 0 Å². The average Bonchev–Trinajstić information content (AvgIpc) is 2.61. The summed E-state index contributed by atoms with van der Waals surface area (Å²) in [6.07, 6.45) is -5.40. The van der Waals surface area contributed by atoms with Crippen molar-refractivity contribution in [3.05, 3.63) is 12.2 Å². The normalized spacial score (nSPS) is 14.9. The maximum atomic E-state index is 13.5. The molecule has 1 nitrogen and oxygen atoms in total. The van der Waals surface area contributed by atoms with Gasteiger partial charge in [-0.2, -0.15) is 68.8 Å². The van der Waals surface area contributed by atoms with Crippen LogP contribution in [0.1, 0.15) is 6.42 Å². The van der Waals surface area contributed by atoms with Crippen molar-refractivity contribution >= 4 is 40.1 Å². The van der Waals surface area contributed by atoms with Gasteiger partial charge in [0, 0.05) is 12.2 Å². The van der Waals surface area contributed by atoms with E-state index in [4.69, 9.17) is 4.74 Å². The van der Waals surface area contributed by atoms with Gasteiger partial charge in [-0.15, -0.1) is 0 Å². The Kier molecular flexibility index (Phi) is 10.4. The lowest BCUT2D eigenvalue weighted by atomic mass is 9.93. The van der Waals surface area contributed by atoms with Gasteiger partial charge in [-0.1, -0.05) is 23.9 Å². The van der Waals surface area contributed by atoms with Gasteiger partial charge in [0.05, 0.1) is 0 Å². The summed E-state index contributed by atoms with van der Waals surface area (Å²) in [7, 11) is 0. The summed E-state index contributed by atoms with van der Waals surface area (Å²) in [5.41, 5.74) is 0. The molecule has 184 valence electrons. The second-order valence-electron chi connectivity index (χ2n) is 5.56. The maximum absolute atomic E-state index is 13.5. The van der Waals surface area contributed by atoms with Crippen LogP contribution in [0.25, 0.3) is 0 Å². The highest BCUT2D eigenvalue weighted by molar-refractivity contribution is 8.22. The minimum absolute atomic E-state index is 0.0385. The first-order chi connectivity index (χ1) is 13.7. The zero-order valence-electron chi connectivity index (χ0n) is 15.0. The molecule has 0 aliphatic rings. The molecule has 0 amide bonds. The molecule has 17 heteroatoms. The molecular formula is C14H13F13OS3. The first-order valence-electron chi connectivity index (χ1n) is 7.60. The third-order valence-electron chi connectivity index (χ3n) is 3.40. The van der Waals surface area contributed by atoms with Crippen molar-refractivity contribution in [2.24, 2.45) is 0 Å². The molecule has 0 heterocycles. The second kappa shape index (κ2) is 10.6. The van der Waals surface area contributed by atoms with Crippen LogP contribution in [0.4, 0.5) is 57.1 Å². The number of thioether (sulfide) groups is 2. The SMILES string of the molecule is CSC(=S)OCC=CCSCCC(F)(F)C(F)(F)C(F)(F)C(F)(F)C(F)(F)C(F)(F)F. The Morgan fingerprint density at radius 3 is 1.71 bits per heavy atom. The fraction of sp³-hybridized carbons (Fsp3) is 0.786. The quantitative estimate of drug-likeness (QED) is 0.120. The minimum Gasteiger partial charge on any atom is -0.474 e. The van der Waals surface area contributed by atoms with Gasteiger partial charge in [0.15, 0.2) is 0 Å². The van der Waals surface area contributed by atoms with Crippen LogP contribution < -0.4 is 0 Å². The summed E-state index contributed by atoms with van der Waals surface area (Å²) in [4.78, 5) is 0. The van der Waals surface area contributed by atoms with Gasteiger partial charge in [0.2, 0.25) is 4.38 Å². The van der Waals surface area contributed by atoms with E-state index in [1.54, 1.807) is 6.26 Å². The van der Waals surface area contributed by atoms with Crippen LogP contribution in [0.3, 0.4) is 0 Å². The summed E-state index contributed by atoms with van der Waals surface area (Å²) in [6, 6.07) is 0. The lowest BCUT2D eigenvalue weighted by molar-refractivity contribution is -0.439. The van der Waals surface area contributed by atoms with Crippen LogP contribution in [0.2, 0.25) is 0 Å². The highest BCUT2D eigenvalue weighted by Gasteiger charge is 2.90. The van der Waals surface area contributed by atoms with Crippen molar-refractivity contribution < 1.29 is 61.8 Å². The fourth-order valence-electron chi connectivity index (χ4n) is 1.62.